The van der Waals surface area contributed by atoms with Crippen LogP contribution in [0.1, 0.15) is 23.5 Å². The molecule has 102 valence electrons. The summed E-state index contributed by atoms with van der Waals surface area (Å²) in [6.45, 7) is 5.54. The van der Waals surface area contributed by atoms with Gasteiger partial charge in [-0.1, -0.05) is 36.9 Å². The number of hydrogen-bond acceptors (Lipinski definition) is 3. The fraction of sp³-hybridized carbons (Fsp3) is 0.438. The third-order valence-electron chi connectivity index (χ3n) is 3.92. The highest BCUT2D eigenvalue weighted by atomic mass is 16.5. The zero-order valence-electron chi connectivity index (χ0n) is 11.6. The number of ether oxygens (including phenoxy) is 1. The van der Waals surface area contributed by atoms with Crippen molar-refractivity contribution in [2.24, 2.45) is 5.92 Å². The predicted molar refractivity (Wildman–Crippen MR) is 76.9 cm³/mol. The van der Waals surface area contributed by atoms with E-state index in [0.717, 1.165) is 25.1 Å². The van der Waals surface area contributed by atoms with Gasteiger partial charge in [0.1, 0.15) is 0 Å². The minimum absolute atomic E-state index is 0.0710. The molecule has 1 saturated heterocycles. The van der Waals surface area contributed by atoms with Gasteiger partial charge in [0.2, 0.25) is 0 Å². The van der Waals surface area contributed by atoms with E-state index in [-0.39, 0.29) is 17.8 Å². The molecule has 0 spiro atoms. The molecule has 0 N–H and O–H groups in total. The molecule has 0 unspecified atom stereocenters. The number of methoxy groups -OCH3 is 1. The second-order valence-corrected chi connectivity index (χ2v) is 5.16. The Balaban J connectivity index is 2.23. The van der Waals surface area contributed by atoms with Crippen LogP contribution < -0.4 is 0 Å². The molecule has 1 aliphatic rings. The molecule has 1 heterocycles. The second-order valence-electron chi connectivity index (χ2n) is 5.16. The Hall–Kier alpha value is -1.61. The topological polar surface area (TPSA) is 29.5 Å². The molecule has 19 heavy (non-hydrogen) atoms. The Labute approximate surface area is 114 Å². The molecule has 1 aromatic carbocycles. The van der Waals surface area contributed by atoms with Crippen LogP contribution >= 0.6 is 0 Å². The molecule has 2 rings (SSSR count). The van der Waals surface area contributed by atoms with Gasteiger partial charge in [-0.05, 0) is 37.1 Å². The van der Waals surface area contributed by atoms with Crippen LogP contribution in [-0.4, -0.2) is 38.1 Å². The smallest absolute Gasteiger partial charge is 0.310 e. The van der Waals surface area contributed by atoms with E-state index in [0.29, 0.717) is 0 Å². The van der Waals surface area contributed by atoms with E-state index >= 15 is 0 Å². The van der Waals surface area contributed by atoms with Crippen molar-refractivity contribution >= 4 is 12.0 Å². The molecule has 0 amide bonds. The summed E-state index contributed by atoms with van der Waals surface area (Å²) in [6, 6.07) is 8.30. The Kier molecular flexibility index (Phi) is 4.38. The number of carbonyl (C=O) groups is 1. The highest BCUT2D eigenvalue weighted by molar-refractivity contribution is 5.74. The van der Waals surface area contributed by atoms with E-state index < -0.39 is 0 Å². The van der Waals surface area contributed by atoms with Crippen molar-refractivity contribution in [2.45, 2.75) is 12.3 Å². The predicted octanol–water partition coefficient (Wildman–Crippen LogP) is 2.54. The number of esters is 1. The monoisotopic (exact) mass is 259 g/mol. The van der Waals surface area contributed by atoms with Crippen LogP contribution in [0.15, 0.2) is 30.8 Å². The lowest BCUT2D eigenvalue weighted by atomic mass is 9.80. The van der Waals surface area contributed by atoms with Crippen molar-refractivity contribution in [3.8, 4) is 0 Å². The average molecular weight is 259 g/mol. The van der Waals surface area contributed by atoms with Crippen molar-refractivity contribution in [3.63, 3.8) is 0 Å². The molecule has 0 radical (unpaired) electrons. The van der Waals surface area contributed by atoms with E-state index in [1.165, 1.54) is 12.7 Å². The number of hydrogen-bond donors (Lipinski definition) is 0. The fourth-order valence-corrected chi connectivity index (χ4v) is 2.78. The van der Waals surface area contributed by atoms with Gasteiger partial charge in [-0.2, -0.15) is 0 Å². The van der Waals surface area contributed by atoms with Crippen molar-refractivity contribution in [1.29, 1.82) is 0 Å². The third-order valence-corrected chi connectivity index (χ3v) is 3.92. The maximum Gasteiger partial charge on any atom is 0.310 e. The lowest BCUT2D eigenvalue weighted by molar-refractivity contribution is -0.148. The van der Waals surface area contributed by atoms with Gasteiger partial charge < -0.3 is 9.64 Å². The molecular weight excluding hydrogens is 238 g/mol. The molecule has 1 aromatic rings. The first-order valence-electron chi connectivity index (χ1n) is 6.64. The van der Waals surface area contributed by atoms with Crippen LogP contribution in [0.4, 0.5) is 0 Å². The number of nitrogens with zero attached hydrogens (tertiary/aromatic N) is 1. The van der Waals surface area contributed by atoms with Crippen molar-refractivity contribution in [1.82, 2.24) is 4.90 Å². The van der Waals surface area contributed by atoms with Crippen molar-refractivity contribution in [2.75, 3.05) is 27.2 Å². The van der Waals surface area contributed by atoms with E-state index in [1.807, 2.05) is 13.1 Å². The van der Waals surface area contributed by atoms with Crippen LogP contribution in [0.3, 0.4) is 0 Å². The number of benzene rings is 1. The van der Waals surface area contributed by atoms with Crippen LogP contribution in [0.25, 0.3) is 6.08 Å². The number of piperidine rings is 1. The Morgan fingerprint density at radius 3 is 2.68 bits per heavy atom. The molecule has 0 aliphatic carbocycles. The molecule has 1 aliphatic heterocycles. The van der Waals surface area contributed by atoms with E-state index in [1.54, 1.807) is 0 Å². The second kappa shape index (κ2) is 6.02. The minimum Gasteiger partial charge on any atom is -0.469 e. The molecule has 0 bridgehead atoms. The van der Waals surface area contributed by atoms with Crippen LogP contribution in [-0.2, 0) is 9.53 Å². The summed E-state index contributed by atoms with van der Waals surface area (Å²) in [7, 11) is 3.52. The van der Waals surface area contributed by atoms with Crippen molar-refractivity contribution < 1.29 is 9.53 Å². The van der Waals surface area contributed by atoms with Gasteiger partial charge in [0.15, 0.2) is 0 Å². The van der Waals surface area contributed by atoms with Gasteiger partial charge in [0.25, 0.3) is 0 Å². The quantitative estimate of drug-likeness (QED) is 0.781. The molecule has 0 saturated carbocycles. The summed E-state index contributed by atoms with van der Waals surface area (Å²) in [4.78, 5) is 14.1. The van der Waals surface area contributed by atoms with Gasteiger partial charge in [-0.25, -0.2) is 0 Å². The summed E-state index contributed by atoms with van der Waals surface area (Å²) in [5.74, 6) is 0.0743. The molecular formula is C16H21NO2. The zero-order chi connectivity index (χ0) is 13.8. The van der Waals surface area contributed by atoms with Crippen LogP contribution in [0, 0.1) is 5.92 Å². The summed E-state index contributed by atoms with van der Waals surface area (Å²) < 4.78 is 4.95. The standard InChI is InChI=1S/C16H21NO2/c1-4-12-5-7-13(8-6-12)14-9-10-17(2)11-15(14)16(18)19-3/h4-8,14-15H,1,9-11H2,2-3H3/t14-,15-/m1/s1. The first kappa shape index (κ1) is 13.8. The third kappa shape index (κ3) is 3.04. The number of rotatable bonds is 3. The molecule has 3 heteroatoms. The summed E-state index contributed by atoms with van der Waals surface area (Å²) in [6.07, 6.45) is 2.82. The van der Waals surface area contributed by atoms with Gasteiger partial charge in [0, 0.05) is 6.54 Å². The maximum absolute atomic E-state index is 12.0. The van der Waals surface area contributed by atoms with E-state index in [9.17, 15) is 4.79 Å². The first-order chi connectivity index (χ1) is 9.15. The maximum atomic E-state index is 12.0. The Bertz CT molecular complexity index is 452. The molecule has 3 nitrogen and oxygen atoms in total. The molecule has 2 atom stereocenters. The average Bonchev–Trinajstić information content (AvgIpc) is 2.46. The van der Waals surface area contributed by atoms with E-state index in [4.69, 9.17) is 4.74 Å². The zero-order valence-corrected chi connectivity index (χ0v) is 11.6. The summed E-state index contributed by atoms with van der Waals surface area (Å²) in [5.41, 5.74) is 2.32. The normalized spacial score (nSPS) is 23.9. The highest BCUT2D eigenvalue weighted by Gasteiger charge is 2.34. The first-order valence-corrected chi connectivity index (χ1v) is 6.64. The fourth-order valence-electron chi connectivity index (χ4n) is 2.78. The van der Waals surface area contributed by atoms with Gasteiger partial charge >= 0.3 is 5.97 Å². The summed E-state index contributed by atoms with van der Waals surface area (Å²) >= 11 is 0. The largest absolute Gasteiger partial charge is 0.469 e. The molecule has 1 fully saturated rings. The lowest BCUT2D eigenvalue weighted by Gasteiger charge is -2.35. The SMILES string of the molecule is C=Cc1ccc([C@H]2CCN(C)C[C@H]2C(=O)OC)cc1. The van der Waals surface area contributed by atoms with Crippen LogP contribution in [0.2, 0.25) is 0 Å². The van der Waals surface area contributed by atoms with Gasteiger partial charge in [-0.3, -0.25) is 4.79 Å². The summed E-state index contributed by atoms with van der Waals surface area (Å²) in [5, 5.41) is 0. The Morgan fingerprint density at radius 1 is 1.42 bits per heavy atom. The Morgan fingerprint density at radius 2 is 2.11 bits per heavy atom. The highest BCUT2D eigenvalue weighted by Crippen LogP contribution is 2.33. The molecule has 0 aromatic heterocycles. The lowest BCUT2D eigenvalue weighted by Crippen LogP contribution is -2.41. The van der Waals surface area contributed by atoms with Crippen LogP contribution in [0.5, 0.6) is 0 Å². The number of likely N-dealkylation sites (tertiary alicyclic amines) is 1. The number of carbonyl (C=O) groups excluding carboxylic acids is 1. The van der Waals surface area contributed by atoms with Gasteiger partial charge in [0.05, 0.1) is 13.0 Å². The van der Waals surface area contributed by atoms with Gasteiger partial charge in [-0.15, -0.1) is 0 Å². The van der Waals surface area contributed by atoms with Crippen molar-refractivity contribution in [3.05, 3.63) is 42.0 Å². The minimum atomic E-state index is -0.107. The van der Waals surface area contributed by atoms with E-state index in [2.05, 4.69) is 35.7 Å².